The number of carbonyl (C=O) groups is 2. The number of alkyl halides is 4. The van der Waals surface area contributed by atoms with Gasteiger partial charge in [-0.1, -0.05) is 29.3 Å². The Morgan fingerprint density at radius 1 is 1.32 bits per heavy atom. The Hall–Kier alpha value is -2.82. The number of hydrogen-bond acceptors (Lipinski definition) is 6. The quantitative estimate of drug-likeness (QED) is 0.398. The normalized spacial score (nSPS) is 11.7. The van der Waals surface area contributed by atoms with Crippen LogP contribution < -0.4 is 5.32 Å². The summed E-state index contributed by atoms with van der Waals surface area (Å²) in [7, 11) is 1.17. The first kappa shape index (κ1) is 22.9. The largest absolute Gasteiger partial charge is 0.465 e. The summed E-state index contributed by atoms with van der Waals surface area (Å²) in [4.78, 5) is 28.4. The first-order chi connectivity index (χ1) is 14.6. The van der Waals surface area contributed by atoms with Crippen molar-refractivity contribution in [2.24, 2.45) is 0 Å². The summed E-state index contributed by atoms with van der Waals surface area (Å²) in [5, 5.41) is 16.8. The van der Waals surface area contributed by atoms with Crippen LogP contribution in [0.3, 0.4) is 0 Å². The summed E-state index contributed by atoms with van der Waals surface area (Å²) < 4.78 is 30.0. The van der Waals surface area contributed by atoms with Crippen LogP contribution in [0.4, 0.5) is 14.5 Å². The number of anilines is 1. The van der Waals surface area contributed by atoms with Crippen molar-refractivity contribution in [2.75, 3.05) is 12.4 Å². The third kappa shape index (κ3) is 5.66. The minimum Gasteiger partial charge on any atom is -0.465 e. The topological polar surface area (TPSA) is 106 Å². The smallest absolute Gasteiger partial charge is 0.340 e. The summed E-state index contributed by atoms with van der Waals surface area (Å²) in [5.74, 6) is -1.52. The number of aliphatic hydroxyl groups is 1. The van der Waals surface area contributed by atoms with Crippen LogP contribution in [0.25, 0.3) is 10.9 Å². The van der Waals surface area contributed by atoms with Crippen LogP contribution in [-0.4, -0.2) is 43.4 Å². The molecule has 0 spiro atoms. The predicted molar refractivity (Wildman–Crippen MR) is 109 cm³/mol. The van der Waals surface area contributed by atoms with E-state index in [1.165, 1.54) is 36.1 Å². The van der Waals surface area contributed by atoms with Gasteiger partial charge in [0.2, 0.25) is 4.52 Å². The molecular formula is C19H16Cl2F2N4O4. The molecule has 12 heteroatoms. The lowest BCUT2D eigenvalue weighted by molar-refractivity contribution is 0.0602. The van der Waals surface area contributed by atoms with Crippen molar-refractivity contribution in [3.63, 3.8) is 0 Å². The first-order valence-electron chi connectivity index (χ1n) is 8.83. The number of rotatable bonds is 7. The molecule has 0 atom stereocenters. The standard InChI is InChI=1S/C19H16Cl2F2N4O4/c1-31-18(29)11-8-14-10(9-27(26-14)6-5-19(20,21)30)7-15(11)25-17(28)13-4-2-3-12(24-13)16(22)23/h2-4,7-9,16,30H,5-6H2,1H3,(H,25,28). The van der Waals surface area contributed by atoms with E-state index in [0.717, 1.165) is 6.07 Å². The second kappa shape index (κ2) is 9.13. The van der Waals surface area contributed by atoms with Crippen LogP contribution >= 0.6 is 23.2 Å². The summed E-state index contributed by atoms with van der Waals surface area (Å²) in [6, 6.07) is 6.55. The molecule has 0 fully saturated rings. The molecule has 0 saturated carbocycles. The number of methoxy groups -OCH3 is 1. The van der Waals surface area contributed by atoms with Crippen molar-refractivity contribution < 1.29 is 28.2 Å². The SMILES string of the molecule is COC(=O)c1cc2nn(CCC(O)(Cl)Cl)cc2cc1NC(=O)c1cccc(C(F)F)n1. The van der Waals surface area contributed by atoms with Crippen LogP contribution in [0, 0.1) is 0 Å². The number of nitrogens with zero attached hydrogens (tertiary/aromatic N) is 3. The number of ether oxygens (including phenoxy) is 1. The Bertz CT molecular complexity index is 1130. The zero-order valence-corrected chi connectivity index (χ0v) is 17.5. The van der Waals surface area contributed by atoms with Crippen LogP contribution in [-0.2, 0) is 11.3 Å². The average Bonchev–Trinajstić information content (AvgIpc) is 3.12. The van der Waals surface area contributed by atoms with E-state index >= 15 is 0 Å². The van der Waals surface area contributed by atoms with E-state index in [0.29, 0.717) is 10.9 Å². The molecule has 0 radical (unpaired) electrons. The summed E-state index contributed by atoms with van der Waals surface area (Å²) in [6.07, 6.45) is -1.25. The van der Waals surface area contributed by atoms with E-state index in [1.54, 1.807) is 6.20 Å². The molecule has 1 aromatic carbocycles. The van der Waals surface area contributed by atoms with Crippen LogP contribution in [0.5, 0.6) is 0 Å². The van der Waals surface area contributed by atoms with Crippen LogP contribution in [0.1, 0.15) is 39.4 Å². The maximum atomic E-state index is 12.9. The number of hydrogen-bond donors (Lipinski definition) is 2. The number of carbonyl (C=O) groups excluding carboxylic acids is 2. The van der Waals surface area contributed by atoms with Crippen molar-refractivity contribution in [2.45, 2.75) is 23.9 Å². The van der Waals surface area contributed by atoms with Crippen molar-refractivity contribution in [3.05, 3.63) is 53.5 Å². The Labute approximate surface area is 184 Å². The Morgan fingerprint density at radius 3 is 2.71 bits per heavy atom. The zero-order valence-electron chi connectivity index (χ0n) is 16.0. The molecule has 0 unspecified atom stereocenters. The molecule has 2 aromatic heterocycles. The second-order valence-corrected chi connectivity index (χ2v) is 7.90. The van der Waals surface area contributed by atoms with E-state index in [4.69, 9.17) is 27.9 Å². The van der Waals surface area contributed by atoms with E-state index in [1.807, 2.05) is 0 Å². The van der Waals surface area contributed by atoms with Crippen molar-refractivity contribution in [1.29, 1.82) is 0 Å². The Kier molecular flexibility index (Phi) is 6.73. The fourth-order valence-electron chi connectivity index (χ4n) is 2.75. The van der Waals surface area contributed by atoms with Gasteiger partial charge in [-0.3, -0.25) is 9.48 Å². The number of aryl methyl sites for hydroxylation is 1. The molecule has 2 N–H and O–H groups in total. The fraction of sp³-hybridized carbons (Fsp3) is 0.263. The van der Waals surface area contributed by atoms with Gasteiger partial charge < -0.3 is 15.2 Å². The number of nitrogens with one attached hydrogen (secondary N) is 1. The maximum Gasteiger partial charge on any atom is 0.340 e. The predicted octanol–water partition coefficient (Wildman–Crippen LogP) is 3.92. The van der Waals surface area contributed by atoms with Gasteiger partial charge in [-0.2, -0.15) is 5.10 Å². The Morgan fingerprint density at radius 2 is 2.06 bits per heavy atom. The summed E-state index contributed by atoms with van der Waals surface area (Å²) in [6.45, 7) is 0.178. The number of halogens is 4. The van der Waals surface area contributed by atoms with Crippen molar-refractivity contribution >= 4 is 51.7 Å². The van der Waals surface area contributed by atoms with E-state index in [9.17, 15) is 23.5 Å². The highest BCUT2D eigenvalue weighted by molar-refractivity contribution is 6.46. The second-order valence-electron chi connectivity index (χ2n) is 6.46. The molecule has 164 valence electrons. The molecule has 8 nitrogen and oxygen atoms in total. The van der Waals surface area contributed by atoms with Gasteiger partial charge in [0, 0.05) is 24.5 Å². The van der Waals surface area contributed by atoms with Crippen LogP contribution in [0.2, 0.25) is 0 Å². The van der Waals surface area contributed by atoms with Gasteiger partial charge in [-0.05, 0) is 24.3 Å². The van der Waals surface area contributed by atoms with Gasteiger partial charge in [-0.25, -0.2) is 18.6 Å². The van der Waals surface area contributed by atoms with Crippen LogP contribution in [0.15, 0.2) is 36.5 Å². The third-order valence-electron chi connectivity index (χ3n) is 4.21. The van der Waals surface area contributed by atoms with Gasteiger partial charge in [0.15, 0.2) is 0 Å². The molecule has 31 heavy (non-hydrogen) atoms. The van der Waals surface area contributed by atoms with Gasteiger partial charge in [0.1, 0.15) is 11.4 Å². The summed E-state index contributed by atoms with van der Waals surface area (Å²) >= 11 is 11.1. The molecular weight excluding hydrogens is 457 g/mol. The molecule has 2 heterocycles. The molecule has 1 amide bonds. The van der Waals surface area contributed by atoms with Crippen molar-refractivity contribution in [1.82, 2.24) is 14.8 Å². The number of esters is 1. The van der Waals surface area contributed by atoms with Gasteiger partial charge >= 0.3 is 5.97 Å². The third-order valence-corrected chi connectivity index (χ3v) is 4.59. The average molecular weight is 473 g/mol. The number of fused-ring (bicyclic) bond motifs is 1. The molecule has 0 aliphatic carbocycles. The molecule has 3 aromatic rings. The number of benzene rings is 1. The number of pyridine rings is 1. The maximum absolute atomic E-state index is 12.9. The highest BCUT2D eigenvalue weighted by Gasteiger charge is 2.21. The Balaban J connectivity index is 1.94. The summed E-state index contributed by atoms with van der Waals surface area (Å²) in [5.41, 5.74) is -0.294. The lowest BCUT2D eigenvalue weighted by Gasteiger charge is -2.10. The minimum atomic E-state index is -2.83. The monoisotopic (exact) mass is 472 g/mol. The van der Waals surface area contributed by atoms with Crippen molar-refractivity contribution in [3.8, 4) is 0 Å². The van der Waals surface area contributed by atoms with Gasteiger partial charge in [0.05, 0.1) is 23.9 Å². The molecule has 0 aliphatic heterocycles. The molecule has 3 rings (SSSR count). The molecule has 0 bridgehead atoms. The fourth-order valence-corrected chi connectivity index (χ4v) is 2.92. The van der Waals surface area contributed by atoms with E-state index in [-0.39, 0.29) is 29.9 Å². The van der Waals surface area contributed by atoms with Gasteiger partial charge in [-0.15, -0.1) is 0 Å². The highest BCUT2D eigenvalue weighted by atomic mass is 35.5. The van der Waals surface area contributed by atoms with Gasteiger partial charge in [0.25, 0.3) is 12.3 Å². The van der Waals surface area contributed by atoms with E-state index < -0.39 is 28.5 Å². The van der Waals surface area contributed by atoms with E-state index in [2.05, 4.69) is 15.4 Å². The molecule has 0 aliphatic rings. The number of aromatic nitrogens is 3. The lowest BCUT2D eigenvalue weighted by Crippen LogP contribution is -2.17. The first-order valence-corrected chi connectivity index (χ1v) is 9.59. The highest BCUT2D eigenvalue weighted by Crippen LogP contribution is 2.26. The molecule has 0 saturated heterocycles. The lowest BCUT2D eigenvalue weighted by atomic mass is 10.1. The zero-order chi connectivity index (χ0) is 22.8. The number of amides is 1. The minimum absolute atomic E-state index is 0.00445.